The highest BCUT2D eigenvalue weighted by atomic mass is 16.5. The van der Waals surface area contributed by atoms with Crippen LogP contribution in [0.4, 0.5) is 5.69 Å². The highest BCUT2D eigenvalue weighted by Crippen LogP contribution is 2.25. The lowest BCUT2D eigenvalue weighted by molar-refractivity contribution is 0.102. The first-order chi connectivity index (χ1) is 16.1. The highest BCUT2D eigenvalue weighted by molar-refractivity contribution is 6.06. The number of ether oxygens (including phenoxy) is 1. The predicted molar refractivity (Wildman–Crippen MR) is 126 cm³/mol. The summed E-state index contributed by atoms with van der Waals surface area (Å²) in [4.78, 5) is 21.0. The molecule has 0 fully saturated rings. The van der Waals surface area contributed by atoms with Gasteiger partial charge < -0.3 is 19.6 Å². The van der Waals surface area contributed by atoms with Gasteiger partial charge >= 0.3 is 0 Å². The van der Waals surface area contributed by atoms with Crippen LogP contribution >= 0.6 is 0 Å². The number of aryl methyl sites for hydroxylation is 2. The van der Waals surface area contributed by atoms with Gasteiger partial charge in [-0.25, -0.2) is 4.98 Å². The second kappa shape index (κ2) is 8.63. The number of anilines is 1. The zero-order valence-electron chi connectivity index (χ0n) is 18.3. The Hall–Kier alpha value is -4.39. The molecular weight excluding hydrogens is 416 g/mol. The van der Waals surface area contributed by atoms with Crippen LogP contribution in [0.5, 0.6) is 5.75 Å². The van der Waals surface area contributed by atoms with Crippen LogP contribution in [0.1, 0.15) is 27.4 Å². The third kappa shape index (κ3) is 4.21. The number of imidazole rings is 1. The van der Waals surface area contributed by atoms with E-state index < -0.39 is 0 Å². The fourth-order valence-electron chi connectivity index (χ4n) is 3.67. The minimum atomic E-state index is -0.258. The van der Waals surface area contributed by atoms with Crippen molar-refractivity contribution in [2.75, 3.05) is 5.32 Å². The van der Waals surface area contributed by atoms with Crippen molar-refractivity contribution in [3.63, 3.8) is 0 Å². The lowest BCUT2D eigenvalue weighted by atomic mass is 10.1. The lowest BCUT2D eigenvalue weighted by Crippen LogP contribution is -2.14. The van der Waals surface area contributed by atoms with Crippen molar-refractivity contribution in [1.29, 1.82) is 0 Å². The number of nitrogens with one attached hydrogen (secondary N) is 2. The summed E-state index contributed by atoms with van der Waals surface area (Å²) in [6, 6.07) is 22.6. The van der Waals surface area contributed by atoms with E-state index in [2.05, 4.69) is 20.4 Å². The van der Waals surface area contributed by atoms with E-state index in [0.29, 0.717) is 22.8 Å². The summed E-state index contributed by atoms with van der Waals surface area (Å²) in [7, 11) is 0. The van der Waals surface area contributed by atoms with Gasteiger partial charge in [0.15, 0.2) is 0 Å². The van der Waals surface area contributed by atoms with E-state index in [0.717, 1.165) is 33.7 Å². The summed E-state index contributed by atoms with van der Waals surface area (Å²) < 4.78 is 11.1. The molecule has 2 N–H and O–H groups in total. The van der Waals surface area contributed by atoms with E-state index in [9.17, 15) is 4.79 Å². The zero-order valence-corrected chi connectivity index (χ0v) is 18.3. The average Bonchev–Trinajstić information content (AvgIpc) is 3.41. The summed E-state index contributed by atoms with van der Waals surface area (Å²) in [6.07, 6.45) is 0. The topological polar surface area (TPSA) is 93.0 Å². The van der Waals surface area contributed by atoms with E-state index in [-0.39, 0.29) is 12.5 Å². The number of amides is 1. The smallest absolute Gasteiger partial charge is 0.259 e. The highest BCUT2D eigenvalue weighted by Gasteiger charge is 2.15. The molecule has 33 heavy (non-hydrogen) atoms. The molecule has 0 aliphatic heterocycles. The molecule has 7 heteroatoms. The van der Waals surface area contributed by atoms with Crippen molar-refractivity contribution in [2.24, 2.45) is 0 Å². The van der Waals surface area contributed by atoms with Gasteiger partial charge in [0, 0.05) is 11.3 Å². The molecule has 0 saturated carbocycles. The molecule has 0 atom stereocenters. The SMILES string of the molecule is Cc1noc(C)c1COc1ccccc1C(=O)Nc1cccc(-c2nc3ccccc3[nH]2)c1. The summed E-state index contributed by atoms with van der Waals surface area (Å²) >= 11 is 0. The van der Waals surface area contributed by atoms with Crippen LogP contribution in [0.3, 0.4) is 0 Å². The van der Waals surface area contributed by atoms with Gasteiger partial charge in [-0.2, -0.15) is 0 Å². The Kier molecular flexibility index (Phi) is 5.36. The summed E-state index contributed by atoms with van der Waals surface area (Å²) in [5.41, 5.74) is 5.50. The van der Waals surface area contributed by atoms with Gasteiger partial charge in [0.1, 0.15) is 23.9 Å². The molecule has 0 aliphatic carbocycles. The number of hydrogen-bond acceptors (Lipinski definition) is 5. The number of para-hydroxylation sites is 3. The van der Waals surface area contributed by atoms with Crippen LogP contribution in [0.25, 0.3) is 22.4 Å². The summed E-state index contributed by atoms with van der Waals surface area (Å²) in [5.74, 6) is 1.68. The minimum absolute atomic E-state index is 0.258. The van der Waals surface area contributed by atoms with Crippen LogP contribution in [-0.2, 0) is 6.61 Å². The molecule has 5 aromatic rings. The molecule has 2 aromatic heterocycles. The van der Waals surface area contributed by atoms with E-state index in [1.54, 1.807) is 12.1 Å². The predicted octanol–water partition coefficient (Wildman–Crippen LogP) is 5.67. The number of carbonyl (C=O) groups excluding carboxylic acids is 1. The molecule has 0 spiro atoms. The monoisotopic (exact) mass is 438 g/mol. The minimum Gasteiger partial charge on any atom is -0.488 e. The van der Waals surface area contributed by atoms with Gasteiger partial charge in [-0.05, 0) is 50.2 Å². The third-order valence-electron chi connectivity index (χ3n) is 5.47. The number of rotatable bonds is 6. The molecule has 164 valence electrons. The number of nitrogens with zero attached hydrogens (tertiary/aromatic N) is 2. The van der Waals surface area contributed by atoms with Crippen LogP contribution in [0.2, 0.25) is 0 Å². The molecular formula is C26H22N4O3. The second-order valence-corrected chi connectivity index (χ2v) is 7.73. The molecule has 0 radical (unpaired) electrons. The van der Waals surface area contributed by atoms with Gasteiger partial charge in [-0.1, -0.05) is 41.6 Å². The Morgan fingerprint density at radius 3 is 2.67 bits per heavy atom. The standard InChI is InChI=1S/C26H22N4O3/c1-16-21(17(2)33-30-16)15-32-24-13-6-3-10-20(24)26(31)27-19-9-7-8-18(14-19)25-28-22-11-4-5-12-23(22)29-25/h3-14H,15H2,1-2H3,(H,27,31)(H,28,29). The number of aromatic nitrogens is 3. The first-order valence-corrected chi connectivity index (χ1v) is 10.6. The fourth-order valence-corrected chi connectivity index (χ4v) is 3.67. The molecule has 0 bridgehead atoms. The van der Waals surface area contributed by atoms with Crippen molar-refractivity contribution in [3.05, 3.63) is 95.4 Å². The van der Waals surface area contributed by atoms with Gasteiger partial charge in [0.05, 0.1) is 27.9 Å². The molecule has 1 amide bonds. The Labute approximate surface area is 190 Å². The second-order valence-electron chi connectivity index (χ2n) is 7.73. The third-order valence-corrected chi connectivity index (χ3v) is 5.47. The fraction of sp³-hybridized carbons (Fsp3) is 0.115. The van der Waals surface area contributed by atoms with E-state index in [1.807, 2.05) is 74.5 Å². The largest absolute Gasteiger partial charge is 0.488 e. The van der Waals surface area contributed by atoms with Crippen molar-refractivity contribution in [1.82, 2.24) is 15.1 Å². The molecule has 2 heterocycles. The maximum absolute atomic E-state index is 13.1. The van der Waals surface area contributed by atoms with Crippen LogP contribution in [0, 0.1) is 13.8 Å². The van der Waals surface area contributed by atoms with Crippen molar-refractivity contribution >= 4 is 22.6 Å². The van der Waals surface area contributed by atoms with Crippen LogP contribution in [-0.4, -0.2) is 21.0 Å². The number of fused-ring (bicyclic) bond motifs is 1. The summed E-state index contributed by atoms with van der Waals surface area (Å²) in [6.45, 7) is 3.97. The Morgan fingerprint density at radius 1 is 1.03 bits per heavy atom. The first kappa shape index (κ1) is 20.5. The van der Waals surface area contributed by atoms with Crippen LogP contribution < -0.4 is 10.1 Å². The van der Waals surface area contributed by atoms with Crippen molar-refractivity contribution < 1.29 is 14.1 Å². The molecule has 5 rings (SSSR count). The maximum atomic E-state index is 13.1. The quantitative estimate of drug-likeness (QED) is 0.356. The van der Waals surface area contributed by atoms with Gasteiger partial charge in [-0.15, -0.1) is 0 Å². The van der Waals surface area contributed by atoms with Crippen LogP contribution in [0.15, 0.2) is 77.3 Å². The first-order valence-electron chi connectivity index (χ1n) is 10.6. The van der Waals surface area contributed by atoms with Crippen molar-refractivity contribution in [3.8, 4) is 17.1 Å². The summed E-state index contributed by atoms with van der Waals surface area (Å²) in [5, 5.41) is 6.91. The van der Waals surface area contributed by atoms with E-state index >= 15 is 0 Å². The van der Waals surface area contributed by atoms with E-state index in [4.69, 9.17) is 9.26 Å². The van der Waals surface area contributed by atoms with E-state index in [1.165, 1.54) is 0 Å². The van der Waals surface area contributed by atoms with Crippen molar-refractivity contribution in [2.45, 2.75) is 20.5 Å². The number of aromatic amines is 1. The number of hydrogen-bond donors (Lipinski definition) is 2. The Bertz CT molecular complexity index is 1400. The number of H-pyrrole nitrogens is 1. The Balaban J connectivity index is 1.35. The molecule has 0 aliphatic rings. The molecule has 3 aromatic carbocycles. The average molecular weight is 438 g/mol. The maximum Gasteiger partial charge on any atom is 0.259 e. The zero-order chi connectivity index (χ0) is 22.8. The normalized spacial score (nSPS) is 11.0. The molecule has 0 saturated heterocycles. The number of benzene rings is 3. The Morgan fingerprint density at radius 2 is 1.85 bits per heavy atom. The molecule has 0 unspecified atom stereocenters. The van der Waals surface area contributed by atoms with Gasteiger partial charge in [0.2, 0.25) is 0 Å². The van der Waals surface area contributed by atoms with Gasteiger partial charge in [-0.3, -0.25) is 4.79 Å². The lowest BCUT2D eigenvalue weighted by Gasteiger charge is -2.12. The van der Waals surface area contributed by atoms with Gasteiger partial charge in [0.25, 0.3) is 5.91 Å². The number of carbonyl (C=O) groups is 1. The molecule has 7 nitrogen and oxygen atoms in total.